The number of nitro benzene ring substituents is 1. The molecule has 0 atom stereocenters. The zero-order valence-corrected chi connectivity index (χ0v) is 18.6. The van der Waals surface area contributed by atoms with Crippen LogP contribution in [0.25, 0.3) is 0 Å². The fourth-order valence-electron chi connectivity index (χ4n) is 3.43. The monoisotopic (exact) mass is 479 g/mol. The van der Waals surface area contributed by atoms with Crippen molar-refractivity contribution in [2.75, 3.05) is 25.0 Å². The minimum atomic E-state index is -4.12. The number of hydrogen-bond acceptors (Lipinski definition) is 7. The van der Waals surface area contributed by atoms with E-state index < -0.39 is 44.1 Å². The Hall–Kier alpha value is -3.38. The molecule has 1 aliphatic rings. The number of nitrogens with one attached hydrogen (secondary N) is 1. The van der Waals surface area contributed by atoms with Crippen LogP contribution in [-0.4, -0.2) is 49.2 Å². The molecule has 1 saturated heterocycles. The van der Waals surface area contributed by atoms with E-state index in [1.165, 1.54) is 29.4 Å². The number of sulfonamides is 1. The number of nitro groups is 1. The van der Waals surface area contributed by atoms with E-state index in [2.05, 4.69) is 5.32 Å². The zero-order chi connectivity index (χ0) is 24.2. The van der Waals surface area contributed by atoms with Crippen LogP contribution in [0.2, 0.25) is 0 Å². The third-order valence-electron chi connectivity index (χ3n) is 5.21. The number of hydrogen-bond donors (Lipinski definition) is 1. The second-order valence-electron chi connectivity index (χ2n) is 7.44. The van der Waals surface area contributed by atoms with Crippen molar-refractivity contribution in [1.82, 2.24) is 4.31 Å². The van der Waals surface area contributed by atoms with Gasteiger partial charge in [-0.1, -0.05) is 12.5 Å². The highest BCUT2D eigenvalue weighted by atomic mass is 32.2. The maximum Gasteiger partial charge on any atom is 0.338 e. The Morgan fingerprint density at radius 1 is 1.18 bits per heavy atom. The molecule has 2 aromatic carbocycles. The van der Waals surface area contributed by atoms with Gasteiger partial charge in [-0.25, -0.2) is 17.6 Å². The number of carbonyl (C=O) groups is 2. The molecule has 1 heterocycles. The van der Waals surface area contributed by atoms with Crippen LogP contribution in [-0.2, 0) is 19.6 Å². The summed E-state index contributed by atoms with van der Waals surface area (Å²) in [5, 5.41) is 13.4. The van der Waals surface area contributed by atoms with Gasteiger partial charge in [0.05, 0.1) is 21.7 Å². The van der Waals surface area contributed by atoms with Crippen LogP contribution in [0.1, 0.15) is 35.2 Å². The maximum absolute atomic E-state index is 14.3. The lowest BCUT2D eigenvalue weighted by molar-refractivity contribution is -0.385. The predicted octanol–water partition coefficient (Wildman–Crippen LogP) is 3.01. The van der Waals surface area contributed by atoms with Crippen LogP contribution < -0.4 is 5.32 Å². The summed E-state index contributed by atoms with van der Waals surface area (Å²) >= 11 is 0. The van der Waals surface area contributed by atoms with Gasteiger partial charge < -0.3 is 10.1 Å². The summed E-state index contributed by atoms with van der Waals surface area (Å²) in [6, 6.07) is 6.96. The number of esters is 1. The van der Waals surface area contributed by atoms with Gasteiger partial charge in [0.2, 0.25) is 10.0 Å². The second-order valence-corrected chi connectivity index (χ2v) is 9.35. The SMILES string of the molecule is Cc1c(NC(=O)COC(=O)c2ccc(F)c(S(=O)(=O)N3CCCCC3)c2)cccc1[N+](=O)[O-]. The van der Waals surface area contributed by atoms with E-state index >= 15 is 0 Å². The van der Waals surface area contributed by atoms with Crippen LogP contribution in [0.3, 0.4) is 0 Å². The molecule has 1 N–H and O–H groups in total. The number of ether oxygens (including phenoxy) is 1. The number of nitrogens with zero attached hydrogens (tertiary/aromatic N) is 2. The molecular weight excluding hydrogens is 457 g/mol. The van der Waals surface area contributed by atoms with Gasteiger partial charge in [0, 0.05) is 19.2 Å². The van der Waals surface area contributed by atoms with Crippen LogP contribution >= 0.6 is 0 Å². The molecule has 0 aliphatic carbocycles. The number of rotatable bonds is 7. The first-order valence-corrected chi connectivity index (χ1v) is 11.6. The van der Waals surface area contributed by atoms with E-state index in [4.69, 9.17) is 4.74 Å². The molecule has 33 heavy (non-hydrogen) atoms. The first-order valence-electron chi connectivity index (χ1n) is 10.1. The molecule has 1 aliphatic heterocycles. The standard InChI is InChI=1S/C21H22FN3O7S/c1-14-17(6-5-7-18(14)25(28)29)23-20(26)13-32-21(27)15-8-9-16(22)19(12-15)33(30,31)24-10-3-2-4-11-24/h5-9,12H,2-4,10-11,13H2,1H3,(H,23,26). The predicted molar refractivity (Wildman–Crippen MR) is 116 cm³/mol. The molecule has 0 saturated carbocycles. The molecule has 0 spiro atoms. The smallest absolute Gasteiger partial charge is 0.338 e. The quantitative estimate of drug-likeness (QED) is 0.366. The topological polar surface area (TPSA) is 136 Å². The Morgan fingerprint density at radius 3 is 2.55 bits per heavy atom. The fourth-order valence-corrected chi connectivity index (χ4v) is 5.04. The van der Waals surface area contributed by atoms with Crippen molar-refractivity contribution < 1.29 is 32.1 Å². The van der Waals surface area contributed by atoms with Crippen molar-refractivity contribution in [2.45, 2.75) is 31.1 Å². The van der Waals surface area contributed by atoms with Crippen molar-refractivity contribution in [3.8, 4) is 0 Å². The van der Waals surface area contributed by atoms with Gasteiger partial charge in [-0.3, -0.25) is 14.9 Å². The highest BCUT2D eigenvalue weighted by Crippen LogP contribution is 2.26. The Morgan fingerprint density at radius 2 is 1.88 bits per heavy atom. The van der Waals surface area contributed by atoms with Gasteiger partial charge in [-0.15, -0.1) is 0 Å². The van der Waals surface area contributed by atoms with Crippen molar-refractivity contribution in [2.24, 2.45) is 0 Å². The molecule has 0 bridgehead atoms. The van der Waals surface area contributed by atoms with Gasteiger partial charge in [0.15, 0.2) is 6.61 Å². The summed E-state index contributed by atoms with van der Waals surface area (Å²) in [6.07, 6.45) is 2.22. The zero-order valence-electron chi connectivity index (χ0n) is 17.7. The molecule has 0 unspecified atom stereocenters. The number of benzene rings is 2. The summed E-state index contributed by atoms with van der Waals surface area (Å²) in [5.41, 5.74) is 0.0000738. The minimum Gasteiger partial charge on any atom is -0.452 e. The van der Waals surface area contributed by atoms with E-state index in [1.807, 2.05) is 0 Å². The lowest BCUT2D eigenvalue weighted by Gasteiger charge is -2.26. The molecule has 12 heteroatoms. The van der Waals surface area contributed by atoms with Gasteiger partial charge in [0.1, 0.15) is 10.7 Å². The summed E-state index contributed by atoms with van der Waals surface area (Å²) in [4.78, 5) is 34.3. The van der Waals surface area contributed by atoms with Crippen LogP contribution in [0.15, 0.2) is 41.3 Å². The molecule has 2 aromatic rings. The largest absolute Gasteiger partial charge is 0.452 e. The fraction of sp³-hybridized carbons (Fsp3) is 0.333. The summed E-state index contributed by atoms with van der Waals surface area (Å²) in [7, 11) is -4.12. The molecule has 1 fully saturated rings. The molecule has 0 radical (unpaired) electrons. The summed E-state index contributed by atoms with van der Waals surface area (Å²) in [6.45, 7) is 1.27. The number of anilines is 1. The first-order chi connectivity index (χ1) is 15.6. The van der Waals surface area contributed by atoms with Gasteiger partial charge in [-0.2, -0.15) is 4.31 Å². The second kappa shape index (κ2) is 10.0. The lowest BCUT2D eigenvalue weighted by atomic mass is 10.1. The summed E-state index contributed by atoms with van der Waals surface area (Å²) < 4.78 is 46.0. The summed E-state index contributed by atoms with van der Waals surface area (Å²) in [5.74, 6) is -2.76. The van der Waals surface area contributed by atoms with Crippen molar-refractivity contribution >= 4 is 33.3 Å². The Kier molecular flexibility index (Phi) is 7.39. The molecule has 176 valence electrons. The van der Waals surface area contributed by atoms with E-state index in [-0.39, 0.29) is 35.6 Å². The van der Waals surface area contributed by atoms with E-state index in [0.717, 1.165) is 24.6 Å². The number of carbonyl (C=O) groups excluding carboxylic acids is 2. The number of piperidine rings is 1. The van der Waals surface area contributed by atoms with Crippen molar-refractivity contribution in [3.63, 3.8) is 0 Å². The average Bonchev–Trinajstić information content (AvgIpc) is 2.79. The molecule has 0 aromatic heterocycles. The molecular formula is C21H22FN3O7S. The lowest BCUT2D eigenvalue weighted by Crippen LogP contribution is -2.36. The third-order valence-corrected chi connectivity index (χ3v) is 7.12. The molecule has 10 nitrogen and oxygen atoms in total. The normalized spacial score (nSPS) is 14.5. The average molecular weight is 479 g/mol. The first kappa shape index (κ1) is 24.3. The molecule has 3 rings (SSSR count). The highest BCUT2D eigenvalue weighted by molar-refractivity contribution is 7.89. The van der Waals surface area contributed by atoms with Crippen LogP contribution in [0.5, 0.6) is 0 Å². The van der Waals surface area contributed by atoms with Crippen LogP contribution in [0, 0.1) is 22.9 Å². The van der Waals surface area contributed by atoms with Gasteiger partial charge >= 0.3 is 5.97 Å². The Balaban J connectivity index is 1.69. The molecule has 1 amide bonds. The van der Waals surface area contributed by atoms with Gasteiger partial charge in [0.25, 0.3) is 11.6 Å². The Labute approximate surface area is 189 Å². The minimum absolute atomic E-state index is 0.182. The van der Waals surface area contributed by atoms with E-state index in [9.17, 15) is 32.5 Å². The highest BCUT2D eigenvalue weighted by Gasteiger charge is 2.29. The van der Waals surface area contributed by atoms with Crippen molar-refractivity contribution in [1.29, 1.82) is 0 Å². The number of amides is 1. The van der Waals surface area contributed by atoms with E-state index in [1.54, 1.807) is 0 Å². The number of halogens is 1. The van der Waals surface area contributed by atoms with E-state index in [0.29, 0.717) is 12.8 Å². The Bertz CT molecular complexity index is 1190. The van der Waals surface area contributed by atoms with Crippen LogP contribution in [0.4, 0.5) is 15.8 Å². The third kappa shape index (κ3) is 5.52. The van der Waals surface area contributed by atoms with Gasteiger partial charge in [-0.05, 0) is 44.0 Å². The maximum atomic E-state index is 14.3. The van der Waals surface area contributed by atoms with Crippen molar-refractivity contribution in [3.05, 3.63) is 63.5 Å².